The highest BCUT2D eigenvalue weighted by atomic mass is 16.4. The van der Waals surface area contributed by atoms with Crippen molar-refractivity contribution in [1.29, 1.82) is 10.5 Å². The molecule has 0 aromatic carbocycles. The first kappa shape index (κ1) is 15.1. The van der Waals surface area contributed by atoms with Gasteiger partial charge in [0.05, 0.1) is 12.3 Å². The maximum absolute atomic E-state index is 9.28. The predicted molar refractivity (Wildman–Crippen MR) is 82.4 cm³/mol. The molecule has 3 rings (SSSR count). The van der Waals surface area contributed by atoms with E-state index in [0.717, 1.165) is 39.1 Å². The van der Waals surface area contributed by atoms with Gasteiger partial charge in [0.1, 0.15) is 6.07 Å². The van der Waals surface area contributed by atoms with Gasteiger partial charge in [-0.15, -0.1) is 0 Å². The number of aromatic nitrogens is 1. The highest BCUT2D eigenvalue weighted by Crippen LogP contribution is 2.29. The van der Waals surface area contributed by atoms with Gasteiger partial charge in [0.15, 0.2) is 5.76 Å². The summed E-state index contributed by atoms with van der Waals surface area (Å²) in [5, 5.41) is 17.9. The lowest BCUT2D eigenvalue weighted by atomic mass is 10.2. The van der Waals surface area contributed by atoms with Crippen LogP contribution in [0.2, 0.25) is 0 Å². The van der Waals surface area contributed by atoms with E-state index in [1.807, 2.05) is 4.90 Å². The number of oxazole rings is 1. The van der Waals surface area contributed by atoms with Crippen molar-refractivity contribution in [3.05, 3.63) is 24.1 Å². The summed E-state index contributed by atoms with van der Waals surface area (Å²) < 4.78 is 11.0. The lowest BCUT2D eigenvalue weighted by molar-refractivity contribution is 0.252. The third kappa shape index (κ3) is 3.36. The van der Waals surface area contributed by atoms with E-state index in [0.29, 0.717) is 24.0 Å². The lowest BCUT2D eigenvalue weighted by Crippen LogP contribution is -2.46. The topological polar surface area (TPSA) is 93.2 Å². The second kappa shape index (κ2) is 6.99. The molecule has 7 nitrogen and oxygen atoms in total. The number of piperazine rings is 1. The molecule has 1 saturated heterocycles. The first-order valence-corrected chi connectivity index (χ1v) is 7.61. The van der Waals surface area contributed by atoms with Crippen LogP contribution in [0.3, 0.4) is 0 Å². The van der Waals surface area contributed by atoms with Crippen molar-refractivity contribution in [2.45, 2.75) is 12.8 Å². The average molecular weight is 311 g/mol. The number of unbranched alkanes of at least 4 members (excludes halogenated alkanes) is 1. The van der Waals surface area contributed by atoms with E-state index < -0.39 is 0 Å². The molecule has 7 heteroatoms. The Hall–Kier alpha value is -2.77. The first-order valence-electron chi connectivity index (χ1n) is 7.61. The Kier molecular flexibility index (Phi) is 4.60. The summed E-state index contributed by atoms with van der Waals surface area (Å²) in [6.45, 7) is 4.24. The molecule has 1 aliphatic rings. The molecule has 2 aromatic heterocycles. The summed E-state index contributed by atoms with van der Waals surface area (Å²) in [6, 6.07) is 7.77. The van der Waals surface area contributed by atoms with E-state index in [4.69, 9.17) is 14.1 Å². The molecule has 0 atom stereocenters. The number of furan rings is 1. The van der Waals surface area contributed by atoms with Gasteiger partial charge in [-0.2, -0.15) is 15.5 Å². The third-order valence-corrected chi connectivity index (χ3v) is 3.87. The molecule has 1 aliphatic heterocycles. The maximum atomic E-state index is 9.28. The van der Waals surface area contributed by atoms with Crippen molar-refractivity contribution in [1.82, 2.24) is 9.88 Å². The minimum absolute atomic E-state index is 0.286. The maximum Gasteiger partial charge on any atom is 0.266 e. The first-order chi connectivity index (χ1) is 11.3. The van der Waals surface area contributed by atoms with Crippen molar-refractivity contribution in [3.8, 4) is 23.8 Å². The van der Waals surface area contributed by atoms with E-state index in [1.165, 1.54) is 0 Å². The van der Waals surface area contributed by atoms with E-state index in [2.05, 4.69) is 22.0 Å². The van der Waals surface area contributed by atoms with Crippen LogP contribution in [0.15, 0.2) is 27.2 Å². The van der Waals surface area contributed by atoms with E-state index in [9.17, 15) is 5.26 Å². The number of nitriles is 2. The molecule has 0 amide bonds. The Morgan fingerprint density at radius 2 is 2.04 bits per heavy atom. The van der Waals surface area contributed by atoms with Crippen LogP contribution in [-0.4, -0.2) is 42.6 Å². The minimum atomic E-state index is 0.286. The minimum Gasteiger partial charge on any atom is -0.459 e. The zero-order valence-electron chi connectivity index (χ0n) is 12.7. The Labute approximate surface area is 134 Å². The monoisotopic (exact) mass is 311 g/mol. The molecule has 1 fully saturated rings. The van der Waals surface area contributed by atoms with Crippen LogP contribution in [0.1, 0.15) is 18.5 Å². The molecule has 0 radical (unpaired) electrons. The highest BCUT2D eigenvalue weighted by molar-refractivity contribution is 5.55. The third-order valence-electron chi connectivity index (χ3n) is 3.87. The van der Waals surface area contributed by atoms with Crippen LogP contribution < -0.4 is 4.90 Å². The number of anilines is 1. The van der Waals surface area contributed by atoms with Crippen LogP contribution in [0.5, 0.6) is 0 Å². The Balaban J connectivity index is 1.67. The van der Waals surface area contributed by atoms with Crippen LogP contribution in [0.25, 0.3) is 11.7 Å². The molecular formula is C16H17N5O2. The van der Waals surface area contributed by atoms with Crippen molar-refractivity contribution in [2.75, 3.05) is 37.6 Å². The van der Waals surface area contributed by atoms with E-state index in [1.54, 1.807) is 18.4 Å². The summed E-state index contributed by atoms with van der Waals surface area (Å²) in [5.41, 5.74) is 0.286. The van der Waals surface area contributed by atoms with Gasteiger partial charge in [-0.3, -0.25) is 4.90 Å². The second-order valence-electron chi connectivity index (χ2n) is 5.35. The van der Waals surface area contributed by atoms with Gasteiger partial charge in [-0.25, -0.2) is 0 Å². The van der Waals surface area contributed by atoms with Gasteiger partial charge in [-0.05, 0) is 25.1 Å². The number of hydrogen-bond acceptors (Lipinski definition) is 7. The SMILES string of the molecule is N#CCCCN1CCN(c2oc(-c3ccco3)nc2C#N)CC1. The van der Waals surface area contributed by atoms with Crippen molar-refractivity contribution in [3.63, 3.8) is 0 Å². The smallest absolute Gasteiger partial charge is 0.266 e. The van der Waals surface area contributed by atoms with Gasteiger partial charge in [0.25, 0.3) is 5.89 Å². The van der Waals surface area contributed by atoms with Gasteiger partial charge in [0.2, 0.25) is 11.6 Å². The van der Waals surface area contributed by atoms with Crippen molar-refractivity contribution in [2.24, 2.45) is 0 Å². The standard InChI is InChI=1S/C16H17N5O2/c17-5-1-2-6-20-7-9-21(10-8-20)16-13(12-18)19-15(23-16)14-4-3-11-22-14/h3-4,11H,1-2,6-10H2. The summed E-state index contributed by atoms with van der Waals surface area (Å²) in [7, 11) is 0. The summed E-state index contributed by atoms with van der Waals surface area (Å²) in [5.74, 6) is 1.36. The number of nitrogens with zero attached hydrogens (tertiary/aromatic N) is 5. The molecule has 0 N–H and O–H groups in total. The molecule has 23 heavy (non-hydrogen) atoms. The average Bonchev–Trinajstić information content (AvgIpc) is 3.25. The van der Waals surface area contributed by atoms with Crippen LogP contribution in [-0.2, 0) is 0 Å². The fourth-order valence-electron chi connectivity index (χ4n) is 2.66. The fraction of sp³-hybridized carbons (Fsp3) is 0.438. The zero-order valence-corrected chi connectivity index (χ0v) is 12.7. The van der Waals surface area contributed by atoms with Gasteiger partial charge in [0, 0.05) is 32.6 Å². The highest BCUT2D eigenvalue weighted by Gasteiger charge is 2.25. The van der Waals surface area contributed by atoms with Crippen LogP contribution in [0.4, 0.5) is 5.88 Å². The summed E-state index contributed by atoms with van der Waals surface area (Å²) in [4.78, 5) is 8.58. The molecule has 0 spiro atoms. The van der Waals surface area contributed by atoms with Gasteiger partial charge >= 0.3 is 0 Å². The largest absolute Gasteiger partial charge is 0.459 e. The number of hydrogen-bond donors (Lipinski definition) is 0. The quantitative estimate of drug-likeness (QED) is 0.781. The molecular weight excluding hydrogens is 294 g/mol. The second-order valence-corrected chi connectivity index (χ2v) is 5.35. The normalized spacial score (nSPS) is 15.3. The van der Waals surface area contributed by atoms with E-state index in [-0.39, 0.29) is 5.69 Å². The molecule has 2 aromatic rings. The van der Waals surface area contributed by atoms with Gasteiger partial charge < -0.3 is 13.7 Å². The molecule has 0 bridgehead atoms. The Morgan fingerprint density at radius 1 is 1.22 bits per heavy atom. The predicted octanol–water partition coefficient (Wildman–Crippen LogP) is 2.23. The zero-order chi connectivity index (χ0) is 16.1. The summed E-state index contributed by atoms with van der Waals surface area (Å²) >= 11 is 0. The fourth-order valence-corrected chi connectivity index (χ4v) is 2.66. The summed E-state index contributed by atoms with van der Waals surface area (Å²) in [6.07, 6.45) is 3.03. The van der Waals surface area contributed by atoms with Crippen LogP contribution in [0, 0.1) is 22.7 Å². The lowest BCUT2D eigenvalue weighted by Gasteiger charge is -2.34. The Morgan fingerprint density at radius 3 is 2.70 bits per heavy atom. The van der Waals surface area contributed by atoms with Crippen LogP contribution >= 0.6 is 0 Å². The molecule has 118 valence electrons. The van der Waals surface area contributed by atoms with Gasteiger partial charge in [-0.1, -0.05) is 0 Å². The van der Waals surface area contributed by atoms with Crippen molar-refractivity contribution >= 4 is 5.88 Å². The molecule has 0 saturated carbocycles. The molecule has 3 heterocycles. The van der Waals surface area contributed by atoms with Crippen molar-refractivity contribution < 1.29 is 8.83 Å². The molecule has 0 aliphatic carbocycles. The Bertz CT molecular complexity index is 715. The van der Waals surface area contributed by atoms with E-state index >= 15 is 0 Å². The molecule has 0 unspecified atom stereocenters. The number of rotatable bonds is 5.